The number of aliphatic hydroxyl groups excluding tert-OH is 2. The molecule has 0 aromatic heterocycles. The monoisotopic (exact) mass is 128 g/mol. The molecule has 50 valence electrons. The van der Waals surface area contributed by atoms with Gasteiger partial charge in [-0.3, -0.25) is 4.79 Å². The molecular formula is C6H8O3. The standard InChI is InChI=1S/C6H8O3/c7-4-1-2-5(8)6(9)3-4/h1-2,4-5,7-8H,3H2. The van der Waals surface area contributed by atoms with Crippen molar-refractivity contribution in [2.45, 2.75) is 18.6 Å². The van der Waals surface area contributed by atoms with Crippen LogP contribution in [0.2, 0.25) is 0 Å². The summed E-state index contributed by atoms with van der Waals surface area (Å²) in [5, 5.41) is 17.5. The molecule has 0 aromatic carbocycles. The average Bonchev–Trinajstić information content (AvgIpc) is 1.80. The molecule has 2 N–H and O–H groups in total. The summed E-state index contributed by atoms with van der Waals surface area (Å²) in [7, 11) is 0. The van der Waals surface area contributed by atoms with E-state index in [-0.39, 0.29) is 12.2 Å². The molecule has 0 aromatic rings. The van der Waals surface area contributed by atoms with Gasteiger partial charge in [0.25, 0.3) is 0 Å². The molecule has 0 spiro atoms. The third-order valence-electron chi connectivity index (χ3n) is 1.26. The summed E-state index contributed by atoms with van der Waals surface area (Å²) in [6, 6.07) is 0. The Morgan fingerprint density at radius 2 is 2.11 bits per heavy atom. The highest BCUT2D eigenvalue weighted by molar-refractivity contribution is 5.86. The number of hydrogen-bond acceptors (Lipinski definition) is 3. The molecule has 0 amide bonds. The number of aliphatic hydroxyl groups is 2. The van der Waals surface area contributed by atoms with E-state index in [2.05, 4.69) is 0 Å². The first-order chi connectivity index (χ1) is 4.20. The van der Waals surface area contributed by atoms with Crippen molar-refractivity contribution in [3.05, 3.63) is 12.2 Å². The Balaban J connectivity index is 2.65. The van der Waals surface area contributed by atoms with Crippen LogP contribution in [0.1, 0.15) is 6.42 Å². The van der Waals surface area contributed by atoms with Gasteiger partial charge in [-0.1, -0.05) is 12.2 Å². The van der Waals surface area contributed by atoms with Crippen molar-refractivity contribution in [3.63, 3.8) is 0 Å². The molecule has 9 heavy (non-hydrogen) atoms. The average molecular weight is 128 g/mol. The summed E-state index contributed by atoms with van der Waals surface area (Å²) in [5.74, 6) is -0.315. The first-order valence-corrected chi connectivity index (χ1v) is 2.77. The molecule has 3 heteroatoms. The molecule has 0 heterocycles. The van der Waals surface area contributed by atoms with Crippen molar-refractivity contribution in [2.24, 2.45) is 0 Å². The normalized spacial score (nSPS) is 35.1. The number of hydrogen-bond donors (Lipinski definition) is 2. The Hall–Kier alpha value is -0.670. The lowest BCUT2D eigenvalue weighted by atomic mass is 10.0. The van der Waals surface area contributed by atoms with Crippen LogP contribution in [0.15, 0.2) is 12.2 Å². The first-order valence-electron chi connectivity index (χ1n) is 2.77. The van der Waals surface area contributed by atoms with E-state index < -0.39 is 12.2 Å². The Bertz CT molecular complexity index is 150. The van der Waals surface area contributed by atoms with Gasteiger partial charge in [0, 0.05) is 6.42 Å². The SMILES string of the molecule is O=C1CC(O)C=CC1O. The minimum Gasteiger partial charge on any atom is -0.389 e. The molecule has 0 saturated heterocycles. The fourth-order valence-corrected chi connectivity index (χ4v) is 0.736. The quantitative estimate of drug-likeness (QED) is 0.421. The van der Waals surface area contributed by atoms with Gasteiger partial charge in [-0.25, -0.2) is 0 Å². The Morgan fingerprint density at radius 1 is 1.44 bits per heavy atom. The van der Waals surface area contributed by atoms with Crippen LogP contribution < -0.4 is 0 Å². The van der Waals surface area contributed by atoms with E-state index in [0.717, 1.165) is 0 Å². The van der Waals surface area contributed by atoms with Crippen molar-refractivity contribution >= 4 is 5.78 Å². The highest BCUT2D eigenvalue weighted by Gasteiger charge is 2.19. The van der Waals surface area contributed by atoms with Crippen LogP contribution >= 0.6 is 0 Å². The second kappa shape index (κ2) is 2.29. The largest absolute Gasteiger partial charge is 0.389 e. The van der Waals surface area contributed by atoms with Gasteiger partial charge in [-0.15, -0.1) is 0 Å². The van der Waals surface area contributed by atoms with Gasteiger partial charge in [0.1, 0.15) is 6.10 Å². The van der Waals surface area contributed by atoms with Gasteiger partial charge < -0.3 is 10.2 Å². The Morgan fingerprint density at radius 3 is 2.56 bits per heavy atom. The number of carbonyl (C=O) groups excluding carboxylic acids is 1. The third kappa shape index (κ3) is 1.37. The van der Waals surface area contributed by atoms with E-state index in [1.807, 2.05) is 0 Å². The van der Waals surface area contributed by atoms with Crippen molar-refractivity contribution < 1.29 is 15.0 Å². The molecule has 0 aliphatic heterocycles. The summed E-state index contributed by atoms with van der Waals surface area (Å²) in [6.45, 7) is 0. The van der Waals surface area contributed by atoms with Crippen LogP contribution in [0.5, 0.6) is 0 Å². The lowest BCUT2D eigenvalue weighted by Gasteiger charge is -2.12. The second-order valence-electron chi connectivity index (χ2n) is 2.07. The van der Waals surface area contributed by atoms with Crippen molar-refractivity contribution in [2.75, 3.05) is 0 Å². The van der Waals surface area contributed by atoms with Crippen molar-refractivity contribution in [1.82, 2.24) is 0 Å². The second-order valence-corrected chi connectivity index (χ2v) is 2.07. The molecule has 0 saturated carbocycles. The zero-order valence-corrected chi connectivity index (χ0v) is 4.82. The van der Waals surface area contributed by atoms with Crippen LogP contribution in [0.4, 0.5) is 0 Å². The smallest absolute Gasteiger partial charge is 0.168 e. The van der Waals surface area contributed by atoms with E-state index in [1.165, 1.54) is 12.2 Å². The first kappa shape index (κ1) is 6.45. The molecule has 0 bridgehead atoms. The predicted molar refractivity (Wildman–Crippen MR) is 30.8 cm³/mol. The molecule has 3 nitrogen and oxygen atoms in total. The minimum atomic E-state index is -0.992. The van der Waals surface area contributed by atoms with E-state index in [9.17, 15) is 4.79 Å². The fourth-order valence-electron chi connectivity index (χ4n) is 0.736. The highest BCUT2D eigenvalue weighted by Crippen LogP contribution is 2.06. The van der Waals surface area contributed by atoms with E-state index in [1.54, 1.807) is 0 Å². The lowest BCUT2D eigenvalue weighted by molar-refractivity contribution is -0.127. The number of Topliss-reactive ketones (excluding diaryl/α,β-unsaturated/α-hetero) is 1. The van der Waals surface area contributed by atoms with Crippen LogP contribution in [-0.4, -0.2) is 28.2 Å². The van der Waals surface area contributed by atoms with Gasteiger partial charge in [-0.05, 0) is 0 Å². The maximum atomic E-state index is 10.5. The topological polar surface area (TPSA) is 57.5 Å². The maximum absolute atomic E-state index is 10.5. The van der Waals surface area contributed by atoms with Gasteiger partial charge in [0.15, 0.2) is 5.78 Å². The Kier molecular flexibility index (Phi) is 1.64. The number of carbonyl (C=O) groups is 1. The molecule has 2 unspecified atom stereocenters. The molecule has 1 aliphatic carbocycles. The van der Waals surface area contributed by atoms with Gasteiger partial charge in [0.05, 0.1) is 6.10 Å². The summed E-state index contributed by atoms with van der Waals surface area (Å²) in [5.41, 5.74) is 0. The predicted octanol–water partition coefficient (Wildman–Crippen LogP) is -0.763. The van der Waals surface area contributed by atoms with Gasteiger partial charge >= 0.3 is 0 Å². The Labute approximate surface area is 52.6 Å². The lowest BCUT2D eigenvalue weighted by Crippen LogP contribution is -2.26. The number of rotatable bonds is 0. The van der Waals surface area contributed by atoms with Crippen molar-refractivity contribution in [3.8, 4) is 0 Å². The van der Waals surface area contributed by atoms with Crippen LogP contribution in [0.25, 0.3) is 0 Å². The molecule has 0 fully saturated rings. The van der Waals surface area contributed by atoms with E-state index in [4.69, 9.17) is 10.2 Å². The van der Waals surface area contributed by atoms with Gasteiger partial charge in [0.2, 0.25) is 0 Å². The molecule has 1 aliphatic rings. The zero-order valence-electron chi connectivity index (χ0n) is 4.82. The van der Waals surface area contributed by atoms with Crippen LogP contribution in [-0.2, 0) is 4.79 Å². The van der Waals surface area contributed by atoms with E-state index in [0.29, 0.717) is 0 Å². The van der Waals surface area contributed by atoms with E-state index >= 15 is 0 Å². The molecule has 0 radical (unpaired) electrons. The minimum absolute atomic E-state index is 0.0394. The van der Waals surface area contributed by atoms with Crippen LogP contribution in [0, 0.1) is 0 Å². The summed E-state index contributed by atoms with van der Waals surface area (Å²) < 4.78 is 0. The maximum Gasteiger partial charge on any atom is 0.168 e. The van der Waals surface area contributed by atoms with Gasteiger partial charge in [-0.2, -0.15) is 0 Å². The number of ketones is 1. The fraction of sp³-hybridized carbons (Fsp3) is 0.500. The van der Waals surface area contributed by atoms with Crippen molar-refractivity contribution in [1.29, 1.82) is 0 Å². The highest BCUT2D eigenvalue weighted by atomic mass is 16.3. The summed E-state index contributed by atoms with van der Waals surface area (Å²) in [4.78, 5) is 10.5. The molecular weight excluding hydrogens is 120 g/mol. The third-order valence-corrected chi connectivity index (χ3v) is 1.26. The zero-order chi connectivity index (χ0) is 6.85. The van der Waals surface area contributed by atoms with Crippen LogP contribution in [0.3, 0.4) is 0 Å². The molecule has 1 rings (SSSR count). The summed E-state index contributed by atoms with van der Waals surface area (Å²) in [6.07, 6.45) is 1.08. The summed E-state index contributed by atoms with van der Waals surface area (Å²) >= 11 is 0. The molecule has 2 atom stereocenters.